The minimum atomic E-state index is -3.54. The molecule has 8 heteroatoms. The smallest absolute Gasteiger partial charge is 0.246 e. The van der Waals surface area contributed by atoms with Gasteiger partial charge < -0.3 is 4.90 Å². The first kappa shape index (κ1) is 14.0. The minimum Gasteiger partial charge on any atom is -0.349 e. The fourth-order valence-electron chi connectivity index (χ4n) is 2.26. The first-order chi connectivity index (χ1) is 8.93. The Morgan fingerprint density at radius 3 is 2.84 bits per heavy atom. The molecule has 1 aromatic rings. The third kappa shape index (κ3) is 2.79. The van der Waals surface area contributed by atoms with Gasteiger partial charge in [-0.1, -0.05) is 0 Å². The molecule has 0 radical (unpaired) electrons. The Labute approximate surface area is 112 Å². The van der Waals surface area contributed by atoms with Crippen molar-refractivity contribution in [3.05, 3.63) is 12.4 Å². The molecule has 1 fully saturated rings. The summed E-state index contributed by atoms with van der Waals surface area (Å²) in [5, 5.41) is 6.16. The molecule has 19 heavy (non-hydrogen) atoms. The van der Waals surface area contributed by atoms with Gasteiger partial charge in [-0.15, -0.1) is 0 Å². The van der Waals surface area contributed by atoms with Gasteiger partial charge in [0, 0.05) is 33.4 Å². The van der Waals surface area contributed by atoms with Gasteiger partial charge in [0.15, 0.2) is 0 Å². The highest BCUT2D eigenvalue weighted by atomic mass is 32.2. The third-order valence-electron chi connectivity index (χ3n) is 3.29. The van der Waals surface area contributed by atoms with Crippen LogP contribution in [0, 0.1) is 5.92 Å². The van der Waals surface area contributed by atoms with Crippen molar-refractivity contribution in [3.63, 3.8) is 0 Å². The molecule has 1 aliphatic rings. The zero-order valence-corrected chi connectivity index (χ0v) is 11.9. The summed E-state index contributed by atoms with van der Waals surface area (Å²) >= 11 is 0. The number of hydrogen-bond acceptors (Lipinski definition) is 4. The van der Waals surface area contributed by atoms with E-state index in [-0.39, 0.29) is 23.3 Å². The highest BCUT2D eigenvalue weighted by Crippen LogP contribution is 2.23. The highest BCUT2D eigenvalue weighted by molar-refractivity contribution is 7.89. The fourth-order valence-corrected chi connectivity index (χ4v) is 3.69. The topological polar surface area (TPSA) is 86.4 Å². The van der Waals surface area contributed by atoms with Gasteiger partial charge in [-0.25, -0.2) is 8.42 Å². The van der Waals surface area contributed by atoms with E-state index in [0.717, 1.165) is 6.42 Å². The van der Waals surface area contributed by atoms with Gasteiger partial charge in [0.1, 0.15) is 4.90 Å². The normalized spacial score (nSPS) is 21.3. The monoisotopic (exact) mass is 286 g/mol. The van der Waals surface area contributed by atoms with Crippen LogP contribution in [0.25, 0.3) is 0 Å². The molecule has 0 spiro atoms. The number of hydrogen-bond donors (Lipinski definition) is 1. The average molecular weight is 286 g/mol. The second-order valence-electron chi connectivity index (χ2n) is 4.87. The first-order valence-corrected chi connectivity index (χ1v) is 7.57. The van der Waals surface area contributed by atoms with Crippen LogP contribution in [-0.2, 0) is 14.8 Å². The van der Waals surface area contributed by atoms with Crippen molar-refractivity contribution in [3.8, 4) is 0 Å². The largest absolute Gasteiger partial charge is 0.349 e. The fraction of sp³-hybridized carbons (Fsp3) is 0.636. The van der Waals surface area contributed by atoms with Crippen molar-refractivity contribution in [2.75, 3.05) is 27.2 Å². The molecule has 0 unspecified atom stereocenters. The quantitative estimate of drug-likeness (QED) is 0.840. The van der Waals surface area contributed by atoms with Crippen LogP contribution in [0.2, 0.25) is 0 Å². The predicted octanol–water partition coefficient (Wildman–Crippen LogP) is -0.101. The number of nitrogens with zero attached hydrogens (tertiary/aromatic N) is 3. The number of nitrogens with one attached hydrogen (secondary N) is 1. The summed E-state index contributed by atoms with van der Waals surface area (Å²) in [5.74, 6) is -0.280. The van der Waals surface area contributed by atoms with Crippen LogP contribution in [0.5, 0.6) is 0 Å². The second-order valence-corrected chi connectivity index (χ2v) is 6.81. The van der Waals surface area contributed by atoms with E-state index in [1.165, 1.54) is 21.6 Å². The molecule has 1 amide bonds. The summed E-state index contributed by atoms with van der Waals surface area (Å²) in [4.78, 5) is 13.6. The highest BCUT2D eigenvalue weighted by Gasteiger charge is 2.34. The maximum absolute atomic E-state index is 12.3. The van der Waals surface area contributed by atoms with Gasteiger partial charge in [-0.2, -0.15) is 9.40 Å². The summed E-state index contributed by atoms with van der Waals surface area (Å²) < 4.78 is 26.0. The number of sulfonamides is 1. The Bertz CT molecular complexity index is 538. The van der Waals surface area contributed by atoms with Gasteiger partial charge in [0.2, 0.25) is 15.9 Å². The Morgan fingerprint density at radius 1 is 1.53 bits per heavy atom. The second kappa shape index (κ2) is 5.30. The standard InChI is InChI=1S/C11H18N4O3S/c1-14(2)11(16)9-4-3-5-15(8-9)19(17,18)10-6-12-13-7-10/h6-7,9H,3-5,8H2,1-2H3,(H,12,13)/t9-/m1/s1. The molecule has 0 saturated carbocycles. The van der Waals surface area contributed by atoms with E-state index in [1.807, 2.05) is 0 Å². The zero-order valence-electron chi connectivity index (χ0n) is 11.0. The van der Waals surface area contributed by atoms with Gasteiger partial charge >= 0.3 is 0 Å². The number of amides is 1. The SMILES string of the molecule is CN(C)C(=O)[C@@H]1CCCN(S(=O)(=O)c2cn[nH]c2)C1. The van der Waals surface area contributed by atoms with Crippen molar-refractivity contribution in [1.82, 2.24) is 19.4 Å². The van der Waals surface area contributed by atoms with Gasteiger partial charge in [-0.05, 0) is 12.8 Å². The molecule has 1 atom stereocenters. The summed E-state index contributed by atoms with van der Waals surface area (Å²) in [6, 6.07) is 0. The van der Waals surface area contributed by atoms with Crippen LogP contribution in [-0.4, -0.2) is 60.9 Å². The van der Waals surface area contributed by atoms with Crippen LogP contribution in [0.1, 0.15) is 12.8 Å². The first-order valence-electron chi connectivity index (χ1n) is 6.13. The Hall–Kier alpha value is -1.41. The van der Waals surface area contributed by atoms with Gasteiger partial charge in [0.25, 0.3) is 0 Å². The van der Waals surface area contributed by atoms with E-state index in [4.69, 9.17) is 0 Å². The molecule has 1 aliphatic heterocycles. The summed E-state index contributed by atoms with van der Waals surface area (Å²) in [6.07, 6.45) is 4.06. The van der Waals surface area contributed by atoms with Gasteiger partial charge in [0.05, 0.1) is 12.1 Å². The minimum absolute atomic E-state index is 0.0212. The lowest BCUT2D eigenvalue weighted by Crippen LogP contribution is -2.45. The molecule has 106 valence electrons. The van der Waals surface area contributed by atoms with E-state index in [0.29, 0.717) is 13.0 Å². The van der Waals surface area contributed by atoms with E-state index in [2.05, 4.69) is 10.2 Å². The van der Waals surface area contributed by atoms with Crippen LogP contribution < -0.4 is 0 Å². The lowest BCUT2D eigenvalue weighted by molar-refractivity contribution is -0.134. The van der Waals surface area contributed by atoms with Crippen LogP contribution >= 0.6 is 0 Å². The average Bonchev–Trinajstić information content (AvgIpc) is 2.92. The van der Waals surface area contributed by atoms with E-state index >= 15 is 0 Å². The molecule has 1 saturated heterocycles. The number of rotatable bonds is 3. The number of H-pyrrole nitrogens is 1. The maximum Gasteiger partial charge on any atom is 0.246 e. The summed E-state index contributed by atoms with van der Waals surface area (Å²) in [5.41, 5.74) is 0. The van der Waals surface area contributed by atoms with Crippen molar-refractivity contribution >= 4 is 15.9 Å². The Kier molecular flexibility index (Phi) is 3.91. The number of carbonyl (C=O) groups is 1. The van der Waals surface area contributed by atoms with Crippen molar-refractivity contribution in [2.24, 2.45) is 5.92 Å². The van der Waals surface area contributed by atoms with E-state index < -0.39 is 10.0 Å². The molecule has 2 heterocycles. The van der Waals surface area contributed by atoms with E-state index in [1.54, 1.807) is 14.1 Å². The molecule has 2 rings (SSSR count). The molecule has 7 nitrogen and oxygen atoms in total. The molecule has 0 aromatic carbocycles. The van der Waals surface area contributed by atoms with Crippen LogP contribution in [0.4, 0.5) is 0 Å². The molecule has 0 bridgehead atoms. The Morgan fingerprint density at radius 2 is 2.26 bits per heavy atom. The van der Waals surface area contributed by atoms with Crippen molar-refractivity contribution in [2.45, 2.75) is 17.7 Å². The van der Waals surface area contributed by atoms with Crippen LogP contribution in [0.15, 0.2) is 17.3 Å². The van der Waals surface area contributed by atoms with Crippen molar-refractivity contribution < 1.29 is 13.2 Å². The molecule has 1 aromatic heterocycles. The Balaban J connectivity index is 2.16. The predicted molar refractivity (Wildman–Crippen MR) is 68.8 cm³/mol. The summed E-state index contributed by atoms with van der Waals surface area (Å²) in [7, 11) is -0.169. The number of carbonyl (C=O) groups excluding carboxylic acids is 1. The number of aromatic amines is 1. The van der Waals surface area contributed by atoms with Gasteiger partial charge in [-0.3, -0.25) is 9.89 Å². The molecular weight excluding hydrogens is 268 g/mol. The zero-order chi connectivity index (χ0) is 14.0. The number of aromatic nitrogens is 2. The molecule has 0 aliphatic carbocycles. The number of piperidine rings is 1. The summed E-state index contributed by atoms with van der Waals surface area (Å²) in [6.45, 7) is 0.690. The van der Waals surface area contributed by atoms with E-state index in [9.17, 15) is 13.2 Å². The molecular formula is C11H18N4O3S. The third-order valence-corrected chi connectivity index (χ3v) is 5.12. The lowest BCUT2D eigenvalue weighted by Gasteiger charge is -2.32. The lowest BCUT2D eigenvalue weighted by atomic mass is 9.98. The van der Waals surface area contributed by atoms with Crippen molar-refractivity contribution in [1.29, 1.82) is 0 Å². The maximum atomic E-state index is 12.3. The van der Waals surface area contributed by atoms with Crippen LogP contribution in [0.3, 0.4) is 0 Å². The molecule has 1 N–H and O–H groups in total.